The Morgan fingerprint density at radius 1 is 1.24 bits per heavy atom. The molecule has 3 heterocycles. The van der Waals surface area contributed by atoms with Gasteiger partial charge in [-0.2, -0.15) is 0 Å². The lowest BCUT2D eigenvalue weighted by atomic mass is 9.93. The molecule has 1 aliphatic heterocycles. The molecular weight excluding hydrogens is 370 g/mol. The van der Waals surface area contributed by atoms with Gasteiger partial charge in [-0.15, -0.1) is 5.10 Å². The Morgan fingerprint density at radius 3 is 2.76 bits per heavy atom. The molecule has 3 aromatic rings. The summed E-state index contributed by atoms with van der Waals surface area (Å²) >= 11 is 0. The van der Waals surface area contributed by atoms with E-state index in [1.54, 1.807) is 17.8 Å². The van der Waals surface area contributed by atoms with Gasteiger partial charge < -0.3 is 14.0 Å². The van der Waals surface area contributed by atoms with E-state index in [2.05, 4.69) is 10.3 Å². The number of hydrogen-bond donors (Lipinski definition) is 0. The van der Waals surface area contributed by atoms with Crippen LogP contribution in [0.4, 0.5) is 0 Å². The largest absolute Gasteiger partial charge is 0.471 e. The lowest BCUT2D eigenvalue weighted by Gasteiger charge is -2.20. The van der Waals surface area contributed by atoms with Gasteiger partial charge >= 0.3 is 0 Å². The van der Waals surface area contributed by atoms with Crippen molar-refractivity contribution in [2.24, 2.45) is 13.0 Å². The van der Waals surface area contributed by atoms with Crippen LogP contribution >= 0.6 is 0 Å². The second kappa shape index (κ2) is 8.61. The summed E-state index contributed by atoms with van der Waals surface area (Å²) in [6, 6.07) is 11.5. The molecule has 0 bridgehead atoms. The van der Waals surface area contributed by atoms with Crippen LogP contribution in [0.2, 0.25) is 0 Å². The van der Waals surface area contributed by atoms with E-state index in [9.17, 15) is 4.79 Å². The van der Waals surface area contributed by atoms with Crippen molar-refractivity contribution in [3.05, 3.63) is 53.4 Å². The van der Waals surface area contributed by atoms with E-state index >= 15 is 0 Å². The van der Waals surface area contributed by atoms with E-state index in [1.165, 1.54) is 0 Å². The van der Waals surface area contributed by atoms with Crippen molar-refractivity contribution in [3.8, 4) is 17.1 Å². The molecule has 0 N–H and O–H groups in total. The molecule has 7 heteroatoms. The van der Waals surface area contributed by atoms with Crippen molar-refractivity contribution >= 4 is 5.78 Å². The minimum absolute atomic E-state index is 0.0906. The van der Waals surface area contributed by atoms with Gasteiger partial charge in [0.1, 0.15) is 23.8 Å². The summed E-state index contributed by atoms with van der Waals surface area (Å²) in [4.78, 5) is 12.7. The van der Waals surface area contributed by atoms with Crippen molar-refractivity contribution in [1.29, 1.82) is 0 Å². The molecule has 1 saturated heterocycles. The van der Waals surface area contributed by atoms with Crippen LogP contribution in [0.1, 0.15) is 41.1 Å². The van der Waals surface area contributed by atoms with Gasteiger partial charge in [0, 0.05) is 38.3 Å². The molecule has 1 fully saturated rings. The van der Waals surface area contributed by atoms with Crippen molar-refractivity contribution in [1.82, 2.24) is 14.9 Å². The van der Waals surface area contributed by atoms with Gasteiger partial charge in [0.2, 0.25) is 5.88 Å². The highest BCUT2D eigenvalue weighted by atomic mass is 16.5. The van der Waals surface area contributed by atoms with Crippen LogP contribution in [0.15, 0.2) is 40.9 Å². The van der Waals surface area contributed by atoms with Gasteiger partial charge in [-0.25, -0.2) is 0 Å². The molecule has 0 unspecified atom stereocenters. The molecule has 0 amide bonds. The Balaban J connectivity index is 1.44. The number of aromatic nitrogens is 3. The normalized spacial score (nSPS) is 14.8. The van der Waals surface area contributed by atoms with Gasteiger partial charge in [-0.05, 0) is 25.7 Å². The molecule has 152 valence electrons. The Kier molecular flexibility index (Phi) is 5.76. The maximum atomic E-state index is 12.7. The molecule has 0 radical (unpaired) electrons. The third-order valence-electron chi connectivity index (χ3n) is 5.35. The number of ketones is 1. The van der Waals surface area contributed by atoms with E-state index in [0.717, 1.165) is 42.9 Å². The topological polar surface area (TPSA) is 79.4 Å². The van der Waals surface area contributed by atoms with Crippen LogP contribution in [0, 0.1) is 12.8 Å². The zero-order valence-corrected chi connectivity index (χ0v) is 16.8. The van der Waals surface area contributed by atoms with Gasteiger partial charge in [-0.1, -0.05) is 35.5 Å². The van der Waals surface area contributed by atoms with Gasteiger partial charge in [-0.3, -0.25) is 9.48 Å². The van der Waals surface area contributed by atoms with E-state index in [1.807, 2.05) is 37.3 Å². The summed E-state index contributed by atoms with van der Waals surface area (Å²) in [7, 11) is 1.77. The number of carbonyl (C=O) groups excluding carboxylic acids is 1. The van der Waals surface area contributed by atoms with Crippen molar-refractivity contribution in [2.75, 3.05) is 13.2 Å². The first-order chi connectivity index (χ1) is 14.1. The Morgan fingerprint density at radius 2 is 2.00 bits per heavy atom. The zero-order chi connectivity index (χ0) is 20.2. The minimum atomic E-state index is 0.0906. The number of hydrogen-bond acceptors (Lipinski definition) is 6. The summed E-state index contributed by atoms with van der Waals surface area (Å²) in [5.74, 6) is 1.59. The molecule has 1 aliphatic rings. The SMILES string of the molecule is Cc1onc(-c2ccccc2)c1COc1cc(C(=O)CC2CCOCC2)n(C)n1. The quantitative estimate of drug-likeness (QED) is 0.564. The summed E-state index contributed by atoms with van der Waals surface area (Å²) < 4.78 is 18.2. The average Bonchev–Trinajstić information content (AvgIpc) is 3.30. The molecule has 29 heavy (non-hydrogen) atoms. The summed E-state index contributed by atoms with van der Waals surface area (Å²) in [6.07, 6.45) is 2.38. The minimum Gasteiger partial charge on any atom is -0.471 e. The van der Waals surface area contributed by atoms with Crippen molar-refractivity contribution in [3.63, 3.8) is 0 Å². The first-order valence-electron chi connectivity index (χ1n) is 9.90. The smallest absolute Gasteiger partial charge is 0.233 e. The predicted molar refractivity (Wildman–Crippen MR) is 107 cm³/mol. The number of nitrogens with zero attached hydrogens (tertiary/aromatic N) is 3. The van der Waals surface area contributed by atoms with E-state index in [4.69, 9.17) is 14.0 Å². The van der Waals surface area contributed by atoms with E-state index < -0.39 is 0 Å². The highest BCUT2D eigenvalue weighted by Crippen LogP contribution is 2.27. The highest BCUT2D eigenvalue weighted by Gasteiger charge is 2.22. The van der Waals surface area contributed by atoms with E-state index in [0.29, 0.717) is 29.7 Å². The fourth-order valence-electron chi connectivity index (χ4n) is 3.62. The van der Waals surface area contributed by atoms with Gasteiger partial charge in [0.25, 0.3) is 0 Å². The third-order valence-corrected chi connectivity index (χ3v) is 5.35. The lowest BCUT2D eigenvalue weighted by molar-refractivity contribution is 0.0598. The van der Waals surface area contributed by atoms with Crippen LogP contribution in [0.3, 0.4) is 0 Å². The maximum absolute atomic E-state index is 12.7. The molecule has 0 saturated carbocycles. The zero-order valence-electron chi connectivity index (χ0n) is 16.8. The molecule has 1 aromatic carbocycles. The van der Waals surface area contributed by atoms with Crippen LogP contribution in [0.25, 0.3) is 11.3 Å². The maximum Gasteiger partial charge on any atom is 0.233 e. The Hall–Kier alpha value is -2.93. The molecule has 0 atom stereocenters. The molecule has 2 aromatic heterocycles. The standard InChI is InChI=1S/C22H25N3O4/c1-15-18(22(24-29-15)17-6-4-3-5-7-17)14-28-21-13-19(25(2)23-21)20(26)12-16-8-10-27-11-9-16/h3-7,13,16H,8-12,14H2,1-2H3. The number of rotatable bonds is 7. The number of benzene rings is 1. The van der Waals surface area contributed by atoms with Crippen molar-refractivity contribution in [2.45, 2.75) is 32.8 Å². The van der Waals surface area contributed by atoms with Gasteiger partial charge in [0.05, 0.1) is 5.56 Å². The molecule has 0 spiro atoms. The first kappa shape index (κ1) is 19.4. The average molecular weight is 395 g/mol. The van der Waals surface area contributed by atoms with Crippen LogP contribution in [0.5, 0.6) is 5.88 Å². The summed E-state index contributed by atoms with van der Waals surface area (Å²) in [6.45, 7) is 3.60. The van der Waals surface area contributed by atoms with Gasteiger partial charge in [0.15, 0.2) is 5.78 Å². The number of Topliss-reactive ketones (excluding diaryl/α,β-unsaturated/α-hetero) is 1. The van der Waals surface area contributed by atoms with Crippen molar-refractivity contribution < 1.29 is 18.8 Å². The second-order valence-electron chi connectivity index (χ2n) is 7.40. The number of ether oxygens (including phenoxy) is 2. The summed E-state index contributed by atoms with van der Waals surface area (Å²) in [5.41, 5.74) is 3.17. The Bertz CT molecular complexity index is 971. The third kappa shape index (κ3) is 4.40. The summed E-state index contributed by atoms with van der Waals surface area (Å²) in [5, 5.41) is 8.52. The van der Waals surface area contributed by atoms with Crippen LogP contribution in [-0.4, -0.2) is 33.9 Å². The van der Waals surface area contributed by atoms with Crippen LogP contribution in [-0.2, 0) is 18.4 Å². The number of carbonyl (C=O) groups is 1. The highest BCUT2D eigenvalue weighted by molar-refractivity contribution is 5.94. The molecule has 4 rings (SSSR count). The molecular formula is C22H25N3O4. The fraction of sp³-hybridized carbons (Fsp3) is 0.409. The monoisotopic (exact) mass is 395 g/mol. The Labute approximate surface area is 169 Å². The fourth-order valence-corrected chi connectivity index (χ4v) is 3.62. The number of aryl methyl sites for hydroxylation is 2. The predicted octanol–water partition coefficient (Wildman–Crippen LogP) is 3.96. The lowest BCUT2D eigenvalue weighted by Crippen LogP contribution is -2.19. The molecule has 0 aliphatic carbocycles. The molecule has 7 nitrogen and oxygen atoms in total. The first-order valence-corrected chi connectivity index (χ1v) is 9.90. The van der Waals surface area contributed by atoms with E-state index in [-0.39, 0.29) is 12.4 Å². The van der Waals surface area contributed by atoms with Crippen LogP contribution < -0.4 is 4.74 Å². The second-order valence-corrected chi connectivity index (χ2v) is 7.40.